The second kappa shape index (κ2) is 9.07. The first-order valence-electron chi connectivity index (χ1n) is 11.4. The van der Waals surface area contributed by atoms with Gasteiger partial charge in [-0.25, -0.2) is 8.42 Å². The van der Waals surface area contributed by atoms with Crippen molar-refractivity contribution >= 4 is 42.7 Å². The molecule has 0 bridgehead atoms. The van der Waals surface area contributed by atoms with Crippen molar-refractivity contribution in [3.8, 4) is 0 Å². The van der Waals surface area contributed by atoms with Crippen molar-refractivity contribution < 1.29 is 16.8 Å². The highest BCUT2D eigenvalue weighted by Crippen LogP contribution is 2.32. The van der Waals surface area contributed by atoms with Gasteiger partial charge in [0.1, 0.15) is 0 Å². The third kappa shape index (κ3) is 4.47. The molecule has 0 atom stereocenters. The van der Waals surface area contributed by atoms with Gasteiger partial charge in [0.25, 0.3) is 20.0 Å². The molecule has 3 aromatic carbocycles. The third-order valence-electron chi connectivity index (χ3n) is 6.24. The molecule has 0 amide bonds. The molecule has 1 aliphatic rings. The zero-order valence-electron chi connectivity index (χ0n) is 19.8. The number of hydrogen-bond acceptors (Lipinski definition) is 4. The van der Waals surface area contributed by atoms with Crippen LogP contribution in [0.2, 0.25) is 0 Å². The summed E-state index contributed by atoms with van der Waals surface area (Å²) in [5, 5.41) is 0.961. The molecular formula is C27H25N3O4S2. The Hall–Kier alpha value is -3.69. The number of H-pyrrole nitrogens is 1. The summed E-state index contributed by atoms with van der Waals surface area (Å²) in [5.41, 5.74) is 4.71. The number of aryl methyl sites for hydroxylation is 2. The summed E-state index contributed by atoms with van der Waals surface area (Å²) in [6, 6.07) is 20.8. The molecule has 0 saturated heterocycles. The van der Waals surface area contributed by atoms with Crippen LogP contribution in [-0.4, -0.2) is 38.9 Å². The van der Waals surface area contributed by atoms with Gasteiger partial charge in [0.2, 0.25) is 0 Å². The van der Waals surface area contributed by atoms with Gasteiger partial charge in [-0.3, -0.25) is 4.31 Å². The number of nitrogens with zero attached hydrogens (tertiary/aromatic N) is 2. The van der Waals surface area contributed by atoms with E-state index in [2.05, 4.69) is 9.38 Å². The molecule has 0 aliphatic carbocycles. The molecule has 0 saturated carbocycles. The van der Waals surface area contributed by atoms with Crippen LogP contribution in [0.1, 0.15) is 22.4 Å². The van der Waals surface area contributed by atoms with E-state index < -0.39 is 20.0 Å². The third-order valence-corrected chi connectivity index (χ3v) is 9.27. The average Bonchev–Trinajstić information content (AvgIpc) is 3.12. The zero-order valence-corrected chi connectivity index (χ0v) is 21.5. The van der Waals surface area contributed by atoms with Gasteiger partial charge in [-0.1, -0.05) is 53.6 Å². The fourth-order valence-electron chi connectivity index (χ4n) is 4.24. The van der Waals surface area contributed by atoms with E-state index >= 15 is 0 Å². The predicted molar refractivity (Wildman–Crippen MR) is 142 cm³/mol. The van der Waals surface area contributed by atoms with Crippen LogP contribution in [0.5, 0.6) is 0 Å². The van der Waals surface area contributed by atoms with E-state index in [0.29, 0.717) is 17.7 Å². The number of nitrogens with one attached hydrogen (secondary N) is 1. The maximum atomic E-state index is 13.5. The second-order valence-electron chi connectivity index (χ2n) is 8.81. The van der Waals surface area contributed by atoms with Gasteiger partial charge in [0.15, 0.2) is 0 Å². The van der Waals surface area contributed by atoms with Gasteiger partial charge in [0.05, 0.1) is 21.7 Å². The van der Waals surface area contributed by atoms with Crippen LogP contribution >= 0.6 is 0 Å². The molecule has 9 heteroatoms. The van der Waals surface area contributed by atoms with Crippen LogP contribution in [-0.2, 0) is 26.5 Å². The summed E-state index contributed by atoms with van der Waals surface area (Å²) in [6.45, 7) is 3.96. The fraction of sp³-hybridized carbons (Fsp3) is 0.148. The molecule has 4 aromatic rings. The molecule has 1 aliphatic heterocycles. The fourth-order valence-corrected chi connectivity index (χ4v) is 6.43. The molecule has 2 heterocycles. The lowest BCUT2D eigenvalue weighted by Gasteiger charge is -2.20. The molecule has 36 heavy (non-hydrogen) atoms. The van der Waals surface area contributed by atoms with Crippen molar-refractivity contribution in [2.75, 3.05) is 6.54 Å². The van der Waals surface area contributed by atoms with Crippen molar-refractivity contribution in [3.05, 3.63) is 101 Å². The molecule has 0 radical (unpaired) electrons. The predicted octanol–water partition coefficient (Wildman–Crippen LogP) is 4.83. The molecule has 1 aromatic heterocycles. The van der Waals surface area contributed by atoms with Gasteiger partial charge in [-0.15, -0.1) is 0 Å². The Morgan fingerprint density at radius 3 is 2.11 bits per heavy atom. The number of sulfonamides is 2. The first-order valence-corrected chi connectivity index (χ1v) is 14.3. The average molecular weight is 520 g/mol. The normalized spacial score (nSPS) is 14.6. The van der Waals surface area contributed by atoms with Crippen molar-refractivity contribution in [1.82, 2.24) is 9.29 Å². The van der Waals surface area contributed by atoms with Crippen LogP contribution in [0, 0.1) is 13.8 Å². The molecule has 1 N–H and O–H groups in total. The highest BCUT2D eigenvalue weighted by Gasteiger charge is 2.27. The summed E-state index contributed by atoms with van der Waals surface area (Å²) in [7, 11) is -7.85. The van der Waals surface area contributed by atoms with E-state index in [1.165, 1.54) is 28.9 Å². The molecule has 5 rings (SSSR count). The number of aromatic amines is 1. The Labute approximate surface area is 210 Å². The summed E-state index contributed by atoms with van der Waals surface area (Å²) in [6.07, 6.45) is 3.14. The highest BCUT2D eigenvalue weighted by atomic mass is 32.2. The van der Waals surface area contributed by atoms with E-state index in [9.17, 15) is 16.8 Å². The van der Waals surface area contributed by atoms with Crippen LogP contribution in [0.3, 0.4) is 0 Å². The molecule has 7 nitrogen and oxygen atoms in total. The first kappa shape index (κ1) is 24.0. The number of allylic oxidation sites excluding steroid dienone is 1. The number of fused-ring (bicyclic) bond motifs is 3. The van der Waals surface area contributed by atoms with Crippen LogP contribution in [0.25, 0.3) is 16.5 Å². The Bertz CT molecular complexity index is 1720. The van der Waals surface area contributed by atoms with Crippen molar-refractivity contribution in [2.24, 2.45) is 4.40 Å². The lowest BCUT2D eigenvalue weighted by molar-refractivity contribution is 0.503. The number of benzene rings is 3. The van der Waals surface area contributed by atoms with Gasteiger partial charge in [-0.2, -0.15) is 12.8 Å². The van der Waals surface area contributed by atoms with E-state index in [4.69, 9.17) is 0 Å². The SMILES string of the molecule is Cc1ccc(S(=O)(=O)/N=C/C2=CN(S(=O)(=O)c3ccc(C)cc3)CCc3c2[nH]c2ccccc32)cc1. The van der Waals surface area contributed by atoms with Gasteiger partial charge in [0, 0.05) is 29.2 Å². The van der Waals surface area contributed by atoms with E-state index in [0.717, 1.165) is 27.6 Å². The zero-order chi connectivity index (χ0) is 25.5. The van der Waals surface area contributed by atoms with Gasteiger partial charge >= 0.3 is 0 Å². The number of aromatic nitrogens is 1. The first-order chi connectivity index (χ1) is 17.1. The largest absolute Gasteiger partial charge is 0.354 e. The second-order valence-corrected chi connectivity index (χ2v) is 12.3. The van der Waals surface area contributed by atoms with Crippen LogP contribution < -0.4 is 0 Å². The molecule has 0 spiro atoms. The van der Waals surface area contributed by atoms with Gasteiger partial charge in [-0.05, 0) is 56.2 Å². The molecule has 0 fully saturated rings. The summed E-state index contributed by atoms with van der Waals surface area (Å²) < 4.78 is 58.0. The number of hydrogen-bond donors (Lipinski definition) is 1. The van der Waals surface area contributed by atoms with Gasteiger partial charge < -0.3 is 4.98 Å². The Balaban J connectivity index is 1.62. The highest BCUT2D eigenvalue weighted by molar-refractivity contribution is 7.90. The van der Waals surface area contributed by atoms with Crippen molar-refractivity contribution in [2.45, 2.75) is 30.1 Å². The standard InChI is InChI=1S/C27H25N3O4S2/c1-19-7-11-22(12-8-19)35(31,32)28-17-21-18-30(36(33,34)23-13-9-20(2)10-14-23)16-15-25-24-5-3-4-6-26(24)29-27(21)25/h3-14,17-18,29H,15-16H2,1-2H3/b28-17+. The van der Waals surface area contributed by atoms with E-state index in [1.807, 2.05) is 38.1 Å². The Kier molecular flexibility index (Phi) is 6.05. The summed E-state index contributed by atoms with van der Waals surface area (Å²) >= 11 is 0. The molecular weight excluding hydrogens is 494 g/mol. The minimum Gasteiger partial charge on any atom is -0.354 e. The number of rotatable bonds is 5. The lowest BCUT2D eigenvalue weighted by Crippen LogP contribution is -2.27. The van der Waals surface area contributed by atoms with Crippen LogP contribution in [0.4, 0.5) is 0 Å². The van der Waals surface area contributed by atoms with Crippen molar-refractivity contribution in [3.63, 3.8) is 0 Å². The quantitative estimate of drug-likeness (QED) is 0.382. The molecule has 0 unspecified atom stereocenters. The maximum absolute atomic E-state index is 13.5. The smallest absolute Gasteiger partial charge is 0.282 e. The molecule has 184 valence electrons. The Morgan fingerprint density at radius 2 is 1.44 bits per heavy atom. The maximum Gasteiger partial charge on any atom is 0.282 e. The monoisotopic (exact) mass is 519 g/mol. The van der Waals surface area contributed by atoms with Crippen LogP contribution in [0.15, 0.2) is 93.2 Å². The summed E-state index contributed by atoms with van der Waals surface area (Å²) in [5.74, 6) is 0. The Morgan fingerprint density at radius 1 is 0.833 bits per heavy atom. The van der Waals surface area contributed by atoms with Crippen molar-refractivity contribution in [1.29, 1.82) is 0 Å². The minimum atomic E-state index is -3.98. The number of para-hydroxylation sites is 1. The van der Waals surface area contributed by atoms with E-state index in [-0.39, 0.29) is 16.3 Å². The minimum absolute atomic E-state index is 0.0691. The lowest BCUT2D eigenvalue weighted by atomic mass is 10.1. The summed E-state index contributed by atoms with van der Waals surface area (Å²) in [4.78, 5) is 3.57. The topological polar surface area (TPSA) is 99.7 Å². The van der Waals surface area contributed by atoms with E-state index in [1.54, 1.807) is 36.4 Å².